The molecule has 0 unspecified atom stereocenters. The second-order valence-electron chi connectivity index (χ2n) is 6.49. The molecule has 0 radical (unpaired) electrons. The molecule has 0 saturated carbocycles. The van der Waals surface area contributed by atoms with E-state index >= 15 is 0 Å². The van der Waals surface area contributed by atoms with Crippen molar-refractivity contribution in [2.45, 2.75) is 38.8 Å². The number of anilines is 1. The maximum Gasteiger partial charge on any atom is 0.317 e. The maximum absolute atomic E-state index is 12.5. The van der Waals surface area contributed by atoms with E-state index in [2.05, 4.69) is 25.9 Å². The minimum absolute atomic E-state index is 0.0197. The van der Waals surface area contributed by atoms with Crippen molar-refractivity contribution in [1.82, 2.24) is 30.2 Å². The van der Waals surface area contributed by atoms with Gasteiger partial charge in [-0.05, 0) is 38.8 Å². The molecule has 2 N–H and O–H groups in total. The fourth-order valence-corrected chi connectivity index (χ4v) is 3.11. The molecule has 25 heavy (non-hydrogen) atoms. The van der Waals surface area contributed by atoms with Crippen LogP contribution in [0.15, 0.2) is 24.5 Å². The number of amides is 2. The lowest BCUT2D eigenvalue weighted by molar-refractivity contribution is 0.180. The van der Waals surface area contributed by atoms with Crippen molar-refractivity contribution in [3.63, 3.8) is 0 Å². The van der Waals surface area contributed by atoms with Gasteiger partial charge in [-0.1, -0.05) is 0 Å². The molecule has 0 spiro atoms. The van der Waals surface area contributed by atoms with E-state index in [4.69, 9.17) is 0 Å². The van der Waals surface area contributed by atoms with Crippen LogP contribution < -0.4 is 10.6 Å². The summed E-state index contributed by atoms with van der Waals surface area (Å²) in [6, 6.07) is 4.01. The van der Waals surface area contributed by atoms with Gasteiger partial charge in [0.15, 0.2) is 0 Å². The molecule has 8 nitrogen and oxygen atoms in total. The van der Waals surface area contributed by atoms with Crippen LogP contribution in [0.2, 0.25) is 0 Å². The highest BCUT2D eigenvalue weighted by atomic mass is 16.2. The first kappa shape index (κ1) is 17.2. The standard InChI is InChI=1S/C17H25N7O/c1-12(15-11-19-23(3)13(15)2)20-17(25)24-9-6-14(7-10-24)21-16-5-4-8-18-22-16/h4-5,8,11-12,14H,6-7,9-10H2,1-3H3,(H,20,25)(H,21,22)/t12-/m0/s1. The zero-order chi connectivity index (χ0) is 17.8. The van der Waals surface area contributed by atoms with Crippen molar-refractivity contribution in [3.05, 3.63) is 35.8 Å². The molecular formula is C17H25N7O. The summed E-state index contributed by atoms with van der Waals surface area (Å²) >= 11 is 0. The van der Waals surface area contributed by atoms with E-state index in [0.29, 0.717) is 6.04 Å². The van der Waals surface area contributed by atoms with Crippen LogP contribution in [0.4, 0.5) is 10.6 Å². The molecule has 1 atom stereocenters. The Morgan fingerprint density at radius 3 is 2.72 bits per heavy atom. The number of hydrogen-bond acceptors (Lipinski definition) is 5. The number of likely N-dealkylation sites (tertiary alicyclic amines) is 1. The molecule has 3 heterocycles. The topological polar surface area (TPSA) is 88.0 Å². The fourth-order valence-electron chi connectivity index (χ4n) is 3.11. The van der Waals surface area contributed by atoms with Crippen molar-refractivity contribution in [3.8, 4) is 0 Å². The number of carbonyl (C=O) groups excluding carboxylic acids is 1. The molecule has 1 aliphatic heterocycles. The minimum atomic E-state index is -0.0587. The summed E-state index contributed by atoms with van der Waals surface area (Å²) in [7, 11) is 1.91. The second kappa shape index (κ2) is 7.50. The third-order valence-electron chi connectivity index (χ3n) is 4.79. The largest absolute Gasteiger partial charge is 0.366 e. The molecule has 0 bridgehead atoms. The molecular weight excluding hydrogens is 318 g/mol. The number of aryl methyl sites for hydroxylation is 1. The van der Waals surface area contributed by atoms with Crippen LogP contribution in [-0.2, 0) is 7.05 Å². The molecule has 8 heteroatoms. The van der Waals surface area contributed by atoms with E-state index in [0.717, 1.165) is 43.0 Å². The van der Waals surface area contributed by atoms with Gasteiger partial charge >= 0.3 is 6.03 Å². The van der Waals surface area contributed by atoms with Gasteiger partial charge in [0, 0.05) is 43.6 Å². The molecule has 2 aromatic rings. The highest BCUT2D eigenvalue weighted by Gasteiger charge is 2.24. The normalized spacial score (nSPS) is 16.5. The predicted octanol–water partition coefficient (Wildman–Crippen LogP) is 1.87. The molecule has 2 aromatic heterocycles. The molecule has 1 fully saturated rings. The van der Waals surface area contributed by atoms with Gasteiger partial charge < -0.3 is 15.5 Å². The summed E-state index contributed by atoms with van der Waals surface area (Å²) in [6.45, 7) is 5.45. The first-order valence-electron chi connectivity index (χ1n) is 8.62. The van der Waals surface area contributed by atoms with Crippen LogP contribution in [0.3, 0.4) is 0 Å². The lowest BCUT2D eigenvalue weighted by atomic mass is 10.1. The molecule has 0 aromatic carbocycles. The summed E-state index contributed by atoms with van der Waals surface area (Å²) in [4.78, 5) is 14.4. The summed E-state index contributed by atoms with van der Waals surface area (Å²) in [5, 5.41) is 18.6. The van der Waals surface area contributed by atoms with Crippen molar-refractivity contribution in [1.29, 1.82) is 0 Å². The summed E-state index contributed by atoms with van der Waals surface area (Å²) in [5.74, 6) is 0.783. The molecule has 0 aliphatic carbocycles. The summed E-state index contributed by atoms with van der Waals surface area (Å²) < 4.78 is 1.82. The highest BCUT2D eigenvalue weighted by Crippen LogP contribution is 2.18. The van der Waals surface area contributed by atoms with E-state index in [9.17, 15) is 4.79 Å². The van der Waals surface area contributed by atoms with Gasteiger partial charge in [0.1, 0.15) is 5.82 Å². The average molecular weight is 343 g/mol. The number of urea groups is 1. The van der Waals surface area contributed by atoms with Crippen molar-refractivity contribution < 1.29 is 4.79 Å². The Kier molecular flexibility index (Phi) is 5.16. The average Bonchev–Trinajstić information content (AvgIpc) is 2.95. The number of rotatable bonds is 4. The van der Waals surface area contributed by atoms with Gasteiger partial charge in [-0.25, -0.2) is 4.79 Å². The highest BCUT2D eigenvalue weighted by molar-refractivity contribution is 5.74. The number of aromatic nitrogens is 4. The van der Waals surface area contributed by atoms with E-state index < -0.39 is 0 Å². The third kappa shape index (κ3) is 4.07. The lowest BCUT2D eigenvalue weighted by Crippen LogP contribution is -2.47. The van der Waals surface area contributed by atoms with Gasteiger partial charge in [0.25, 0.3) is 0 Å². The summed E-state index contributed by atoms with van der Waals surface area (Å²) in [5.41, 5.74) is 2.12. The maximum atomic E-state index is 12.5. The van der Waals surface area contributed by atoms with Gasteiger partial charge in [-0.15, -0.1) is 5.10 Å². The van der Waals surface area contributed by atoms with Crippen molar-refractivity contribution in [2.24, 2.45) is 7.05 Å². The quantitative estimate of drug-likeness (QED) is 0.885. The number of carbonyl (C=O) groups is 1. The smallest absolute Gasteiger partial charge is 0.317 e. The Hall–Kier alpha value is -2.64. The number of piperidine rings is 1. The van der Waals surface area contributed by atoms with Gasteiger partial charge in [-0.3, -0.25) is 4.68 Å². The Balaban J connectivity index is 1.49. The minimum Gasteiger partial charge on any atom is -0.366 e. The molecule has 134 valence electrons. The molecule has 1 saturated heterocycles. The fraction of sp³-hybridized carbons (Fsp3) is 0.529. The number of nitrogens with one attached hydrogen (secondary N) is 2. The zero-order valence-electron chi connectivity index (χ0n) is 14.9. The SMILES string of the molecule is Cc1c([C@H](C)NC(=O)N2CCC(Nc3cccnn3)CC2)cnn1C. The van der Waals surface area contributed by atoms with Gasteiger partial charge in [-0.2, -0.15) is 10.2 Å². The van der Waals surface area contributed by atoms with E-state index in [-0.39, 0.29) is 12.1 Å². The van der Waals surface area contributed by atoms with Crippen LogP contribution in [0.5, 0.6) is 0 Å². The van der Waals surface area contributed by atoms with Crippen LogP contribution in [0, 0.1) is 6.92 Å². The first-order chi connectivity index (χ1) is 12.0. The van der Waals surface area contributed by atoms with Crippen LogP contribution in [0.1, 0.15) is 37.1 Å². The Morgan fingerprint density at radius 2 is 2.12 bits per heavy atom. The van der Waals surface area contributed by atoms with Crippen LogP contribution in [0.25, 0.3) is 0 Å². The molecule has 3 rings (SSSR count). The second-order valence-corrected chi connectivity index (χ2v) is 6.49. The summed E-state index contributed by atoms with van der Waals surface area (Å²) in [6.07, 6.45) is 5.26. The molecule has 2 amide bonds. The Bertz CT molecular complexity index is 707. The number of nitrogens with zero attached hydrogens (tertiary/aromatic N) is 5. The van der Waals surface area contributed by atoms with Crippen LogP contribution >= 0.6 is 0 Å². The Morgan fingerprint density at radius 1 is 1.36 bits per heavy atom. The Labute approximate surface area is 147 Å². The first-order valence-corrected chi connectivity index (χ1v) is 8.62. The zero-order valence-corrected chi connectivity index (χ0v) is 14.9. The van der Waals surface area contributed by atoms with Gasteiger partial charge in [0.05, 0.1) is 12.2 Å². The van der Waals surface area contributed by atoms with Crippen molar-refractivity contribution >= 4 is 11.8 Å². The van der Waals surface area contributed by atoms with E-state index in [1.165, 1.54) is 0 Å². The third-order valence-corrected chi connectivity index (χ3v) is 4.79. The van der Waals surface area contributed by atoms with Crippen LogP contribution in [-0.4, -0.2) is 50.0 Å². The monoisotopic (exact) mass is 343 g/mol. The van der Waals surface area contributed by atoms with Gasteiger partial charge in [0.2, 0.25) is 0 Å². The van der Waals surface area contributed by atoms with E-state index in [1.807, 2.05) is 48.8 Å². The lowest BCUT2D eigenvalue weighted by Gasteiger charge is -2.33. The van der Waals surface area contributed by atoms with Crippen molar-refractivity contribution in [2.75, 3.05) is 18.4 Å². The molecule has 1 aliphatic rings. The van der Waals surface area contributed by atoms with E-state index in [1.54, 1.807) is 6.20 Å². The predicted molar refractivity (Wildman–Crippen MR) is 95.1 cm³/mol. The number of hydrogen-bond donors (Lipinski definition) is 2.